The molecule has 2 unspecified atom stereocenters. The molecule has 0 bridgehead atoms. The van der Waals surface area contributed by atoms with Gasteiger partial charge in [0.15, 0.2) is 5.82 Å². The first-order chi connectivity index (χ1) is 9.67. The van der Waals surface area contributed by atoms with Gasteiger partial charge in [0.2, 0.25) is 0 Å². The van der Waals surface area contributed by atoms with Gasteiger partial charge in [-0.05, 0) is 43.4 Å². The van der Waals surface area contributed by atoms with Crippen LogP contribution in [0.1, 0.15) is 44.3 Å². The fourth-order valence-corrected chi connectivity index (χ4v) is 2.90. The normalized spacial score (nSPS) is 22.3. The van der Waals surface area contributed by atoms with Crippen LogP contribution in [0, 0.1) is 11.7 Å². The van der Waals surface area contributed by atoms with Crippen LogP contribution in [0.15, 0.2) is 22.7 Å². The second-order valence-corrected chi connectivity index (χ2v) is 5.48. The van der Waals surface area contributed by atoms with E-state index in [0.717, 1.165) is 18.8 Å². The number of rotatable bonds is 3. The van der Waals surface area contributed by atoms with Crippen LogP contribution in [-0.4, -0.2) is 10.1 Å². The summed E-state index contributed by atoms with van der Waals surface area (Å²) < 4.78 is 19.0. The number of hydrogen-bond donors (Lipinski definition) is 1. The van der Waals surface area contributed by atoms with Crippen molar-refractivity contribution >= 4 is 5.69 Å². The van der Waals surface area contributed by atoms with E-state index >= 15 is 0 Å². The van der Waals surface area contributed by atoms with Crippen molar-refractivity contribution in [1.82, 2.24) is 10.1 Å². The molecule has 0 amide bonds. The van der Waals surface area contributed by atoms with Crippen molar-refractivity contribution in [3.05, 3.63) is 29.8 Å². The summed E-state index contributed by atoms with van der Waals surface area (Å²) in [5.74, 6) is 1.59. The lowest BCUT2D eigenvalue weighted by molar-refractivity contribution is 0.412. The molecule has 20 heavy (non-hydrogen) atoms. The minimum atomic E-state index is -0.432. The molecule has 1 saturated carbocycles. The Morgan fingerprint density at radius 3 is 2.95 bits per heavy atom. The second kappa shape index (κ2) is 5.23. The first-order valence-electron chi connectivity index (χ1n) is 7.06. The summed E-state index contributed by atoms with van der Waals surface area (Å²) in [5, 5.41) is 4.02. The molecule has 0 radical (unpaired) electrons. The summed E-state index contributed by atoms with van der Waals surface area (Å²) >= 11 is 0. The number of hydrogen-bond acceptors (Lipinski definition) is 4. The molecule has 5 heteroatoms. The fraction of sp³-hybridized carbons (Fsp3) is 0.467. The minimum absolute atomic E-state index is 0.234. The van der Waals surface area contributed by atoms with Crippen LogP contribution in [0.2, 0.25) is 0 Å². The zero-order valence-electron chi connectivity index (χ0n) is 11.5. The van der Waals surface area contributed by atoms with Gasteiger partial charge >= 0.3 is 0 Å². The van der Waals surface area contributed by atoms with Gasteiger partial charge in [0.1, 0.15) is 5.82 Å². The van der Waals surface area contributed by atoms with Crippen molar-refractivity contribution in [3.63, 3.8) is 0 Å². The lowest BCUT2D eigenvalue weighted by Gasteiger charge is -2.04. The first kappa shape index (κ1) is 13.1. The predicted molar refractivity (Wildman–Crippen MR) is 74.5 cm³/mol. The third-order valence-electron chi connectivity index (χ3n) is 4.15. The molecule has 1 aliphatic carbocycles. The summed E-state index contributed by atoms with van der Waals surface area (Å²) in [6, 6.07) is 4.47. The smallest absolute Gasteiger partial charge is 0.260 e. The molecule has 2 N–H and O–H groups in total. The molecule has 0 saturated heterocycles. The van der Waals surface area contributed by atoms with E-state index < -0.39 is 5.82 Å². The van der Waals surface area contributed by atoms with Gasteiger partial charge in [-0.3, -0.25) is 0 Å². The van der Waals surface area contributed by atoms with Crippen LogP contribution >= 0.6 is 0 Å². The molecule has 1 heterocycles. The Balaban J connectivity index is 1.83. The Bertz CT molecular complexity index is 611. The Morgan fingerprint density at radius 2 is 2.25 bits per heavy atom. The molecule has 3 rings (SSSR count). The fourth-order valence-electron chi connectivity index (χ4n) is 2.90. The van der Waals surface area contributed by atoms with Gasteiger partial charge in [-0.2, -0.15) is 4.98 Å². The summed E-state index contributed by atoms with van der Waals surface area (Å²) in [7, 11) is 0. The van der Waals surface area contributed by atoms with Crippen LogP contribution in [0.5, 0.6) is 0 Å². The van der Waals surface area contributed by atoms with Crippen molar-refractivity contribution in [3.8, 4) is 11.5 Å². The SMILES string of the molecule is CCC1CCC(c2noc(-c3ccc(N)cc3F)n2)C1. The third kappa shape index (κ3) is 2.40. The third-order valence-corrected chi connectivity index (χ3v) is 4.15. The van der Waals surface area contributed by atoms with Crippen molar-refractivity contribution in [2.75, 3.05) is 5.73 Å². The maximum Gasteiger partial charge on any atom is 0.260 e. The van der Waals surface area contributed by atoms with Gasteiger partial charge in [-0.25, -0.2) is 4.39 Å². The van der Waals surface area contributed by atoms with Crippen LogP contribution in [-0.2, 0) is 0 Å². The van der Waals surface area contributed by atoms with Crippen molar-refractivity contribution in [1.29, 1.82) is 0 Å². The zero-order valence-corrected chi connectivity index (χ0v) is 11.5. The largest absolute Gasteiger partial charge is 0.399 e. The van der Waals surface area contributed by atoms with Crippen molar-refractivity contribution < 1.29 is 8.91 Å². The van der Waals surface area contributed by atoms with Gasteiger partial charge in [0, 0.05) is 11.6 Å². The lowest BCUT2D eigenvalue weighted by Crippen LogP contribution is -1.97. The molecule has 106 valence electrons. The standard InChI is InChI=1S/C15H18FN3O/c1-2-9-3-4-10(7-9)14-18-15(20-19-14)12-6-5-11(17)8-13(12)16/h5-6,8-10H,2-4,7,17H2,1H3. The van der Waals surface area contributed by atoms with E-state index in [2.05, 4.69) is 17.1 Å². The van der Waals surface area contributed by atoms with E-state index in [-0.39, 0.29) is 5.89 Å². The van der Waals surface area contributed by atoms with Crippen LogP contribution in [0.3, 0.4) is 0 Å². The van der Waals surface area contributed by atoms with E-state index in [0.29, 0.717) is 23.0 Å². The highest BCUT2D eigenvalue weighted by atomic mass is 19.1. The molecule has 1 fully saturated rings. The van der Waals surface area contributed by atoms with E-state index in [1.165, 1.54) is 18.9 Å². The van der Waals surface area contributed by atoms with Gasteiger partial charge in [0.05, 0.1) is 5.56 Å². The minimum Gasteiger partial charge on any atom is -0.399 e. The van der Waals surface area contributed by atoms with E-state index in [1.807, 2.05) is 0 Å². The lowest BCUT2D eigenvalue weighted by atomic mass is 10.0. The molecule has 1 aliphatic rings. The highest BCUT2D eigenvalue weighted by Gasteiger charge is 2.28. The first-order valence-corrected chi connectivity index (χ1v) is 7.06. The molecule has 4 nitrogen and oxygen atoms in total. The highest BCUT2D eigenvalue weighted by Crippen LogP contribution is 2.39. The Kier molecular flexibility index (Phi) is 3.42. The number of nitrogens with two attached hydrogens (primary N) is 1. The topological polar surface area (TPSA) is 64.9 Å². The van der Waals surface area contributed by atoms with E-state index in [9.17, 15) is 4.39 Å². The van der Waals surface area contributed by atoms with Crippen molar-refractivity contribution in [2.24, 2.45) is 5.92 Å². The average molecular weight is 275 g/mol. The van der Waals surface area contributed by atoms with Gasteiger partial charge < -0.3 is 10.3 Å². The molecular weight excluding hydrogens is 257 g/mol. The number of nitrogen functional groups attached to an aromatic ring is 1. The monoisotopic (exact) mass is 275 g/mol. The molecule has 2 atom stereocenters. The summed E-state index contributed by atoms with van der Waals surface area (Å²) in [6.45, 7) is 2.21. The van der Waals surface area contributed by atoms with Gasteiger partial charge in [-0.15, -0.1) is 0 Å². The van der Waals surface area contributed by atoms with Crippen molar-refractivity contribution in [2.45, 2.75) is 38.5 Å². The average Bonchev–Trinajstić information content (AvgIpc) is 3.07. The van der Waals surface area contributed by atoms with E-state index in [4.69, 9.17) is 10.3 Å². The Hall–Kier alpha value is -1.91. The highest BCUT2D eigenvalue weighted by molar-refractivity contribution is 5.58. The molecule has 0 spiro atoms. The number of benzene rings is 1. The Morgan fingerprint density at radius 1 is 1.40 bits per heavy atom. The van der Waals surface area contributed by atoms with E-state index in [1.54, 1.807) is 12.1 Å². The maximum atomic E-state index is 13.8. The molecule has 2 aromatic rings. The van der Waals surface area contributed by atoms with Gasteiger partial charge in [0.25, 0.3) is 5.89 Å². The number of nitrogens with zero attached hydrogens (tertiary/aromatic N) is 2. The van der Waals surface area contributed by atoms with Crippen LogP contribution in [0.4, 0.5) is 10.1 Å². The maximum absolute atomic E-state index is 13.8. The summed E-state index contributed by atoms with van der Waals surface area (Å²) in [4.78, 5) is 4.36. The quantitative estimate of drug-likeness (QED) is 0.866. The molecule has 0 aliphatic heterocycles. The van der Waals surface area contributed by atoms with Gasteiger partial charge in [-0.1, -0.05) is 18.5 Å². The molecule has 1 aromatic carbocycles. The summed E-state index contributed by atoms with van der Waals surface area (Å²) in [5.41, 5.74) is 6.22. The predicted octanol–water partition coefficient (Wildman–Crippen LogP) is 3.75. The number of anilines is 1. The molecular formula is C15H18FN3O. The second-order valence-electron chi connectivity index (χ2n) is 5.48. The molecule has 1 aromatic heterocycles. The Labute approximate surface area is 117 Å². The zero-order chi connectivity index (χ0) is 14.1. The number of halogens is 1. The summed E-state index contributed by atoms with van der Waals surface area (Å²) in [6.07, 6.45) is 4.58. The van der Waals surface area contributed by atoms with Crippen LogP contribution < -0.4 is 5.73 Å². The number of aromatic nitrogens is 2. The van der Waals surface area contributed by atoms with Crippen LogP contribution in [0.25, 0.3) is 11.5 Å².